The molecule has 1 saturated heterocycles. The van der Waals surface area contributed by atoms with Gasteiger partial charge in [-0.15, -0.1) is 0 Å². The number of carbonyl (C=O) groups excluding carboxylic acids is 4. The van der Waals surface area contributed by atoms with Gasteiger partial charge in [0.1, 0.15) is 12.1 Å². The van der Waals surface area contributed by atoms with Crippen LogP contribution in [-0.4, -0.2) is 59.8 Å². The van der Waals surface area contributed by atoms with Crippen LogP contribution >= 0.6 is 0 Å². The lowest BCUT2D eigenvalue weighted by atomic mass is 9.98. The van der Waals surface area contributed by atoms with Crippen LogP contribution in [0.25, 0.3) is 0 Å². The summed E-state index contributed by atoms with van der Waals surface area (Å²) in [6.45, 7) is 6.49. The van der Waals surface area contributed by atoms with Crippen molar-refractivity contribution in [2.45, 2.75) is 64.8 Å². The van der Waals surface area contributed by atoms with Gasteiger partial charge in [-0.3, -0.25) is 19.2 Å². The third-order valence-electron chi connectivity index (χ3n) is 4.55. The van der Waals surface area contributed by atoms with E-state index in [0.29, 0.717) is 12.8 Å². The molecule has 0 radical (unpaired) electrons. The van der Waals surface area contributed by atoms with Crippen LogP contribution in [0.5, 0.6) is 0 Å². The van der Waals surface area contributed by atoms with Gasteiger partial charge in [0.2, 0.25) is 18.2 Å². The molecule has 1 aliphatic heterocycles. The zero-order chi connectivity index (χ0) is 20.9. The molecule has 0 aromatic carbocycles. The number of Topliss-reactive ketones (excluding diaryl/α,β-unsaturated/α-hetero) is 1. The number of halogens is 3. The van der Waals surface area contributed by atoms with Crippen LogP contribution in [0.4, 0.5) is 13.2 Å². The molecule has 10 heteroatoms. The smallest absolute Gasteiger partial charge is 0.347 e. The maximum Gasteiger partial charge on any atom is 0.452 e. The summed E-state index contributed by atoms with van der Waals surface area (Å²) in [5.41, 5.74) is 0. The molecular weight excluding hydrogens is 367 g/mol. The lowest BCUT2D eigenvalue weighted by molar-refractivity contribution is -0.175. The second-order valence-corrected chi connectivity index (χ2v) is 7.29. The summed E-state index contributed by atoms with van der Waals surface area (Å²) in [6, 6.07) is -3.54. The Hall–Kier alpha value is -2.13. The van der Waals surface area contributed by atoms with E-state index < -0.39 is 47.8 Å². The molecule has 2 N–H and O–H groups in total. The zero-order valence-electron chi connectivity index (χ0n) is 15.8. The Labute approximate surface area is 156 Å². The van der Waals surface area contributed by atoms with Crippen molar-refractivity contribution >= 4 is 24.0 Å². The molecule has 1 unspecified atom stereocenters. The van der Waals surface area contributed by atoms with Gasteiger partial charge in [-0.25, -0.2) is 0 Å². The number of ketones is 1. The molecule has 3 atom stereocenters. The molecule has 154 valence electrons. The molecule has 27 heavy (non-hydrogen) atoms. The number of carbonyl (C=O) groups is 4. The monoisotopic (exact) mass is 393 g/mol. The number of rotatable bonds is 8. The maximum atomic E-state index is 12.8. The summed E-state index contributed by atoms with van der Waals surface area (Å²) in [6.07, 6.45) is -3.90. The fourth-order valence-electron chi connectivity index (χ4n) is 3.06. The first-order valence-corrected chi connectivity index (χ1v) is 8.83. The van der Waals surface area contributed by atoms with E-state index in [-0.39, 0.29) is 18.9 Å². The van der Waals surface area contributed by atoms with Crippen molar-refractivity contribution in [1.29, 1.82) is 0 Å². The van der Waals surface area contributed by atoms with Gasteiger partial charge < -0.3 is 15.5 Å². The minimum absolute atomic E-state index is 0.234. The van der Waals surface area contributed by atoms with Crippen LogP contribution in [0.15, 0.2) is 0 Å². The van der Waals surface area contributed by atoms with Gasteiger partial charge in [0.05, 0.1) is 6.04 Å². The Morgan fingerprint density at radius 3 is 2.07 bits per heavy atom. The molecule has 0 aromatic rings. The first kappa shape index (κ1) is 22.9. The van der Waals surface area contributed by atoms with E-state index in [4.69, 9.17) is 0 Å². The Bertz CT molecular complexity index is 578. The van der Waals surface area contributed by atoms with Gasteiger partial charge in [-0.2, -0.15) is 13.2 Å². The molecule has 0 saturated carbocycles. The van der Waals surface area contributed by atoms with Crippen molar-refractivity contribution in [3.8, 4) is 0 Å². The number of alkyl halides is 3. The van der Waals surface area contributed by atoms with Crippen molar-refractivity contribution in [2.24, 2.45) is 11.8 Å². The van der Waals surface area contributed by atoms with Crippen LogP contribution in [0, 0.1) is 11.8 Å². The molecular formula is C17H26F3N3O4. The summed E-state index contributed by atoms with van der Waals surface area (Å²) in [5.74, 6) is -4.30. The highest BCUT2D eigenvalue weighted by atomic mass is 19.4. The topological polar surface area (TPSA) is 95.6 Å². The minimum atomic E-state index is -5.07. The number of hydrogen-bond donors (Lipinski definition) is 2. The maximum absolute atomic E-state index is 12.8. The quantitative estimate of drug-likeness (QED) is 0.602. The van der Waals surface area contributed by atoms with E-state index in [2.05, 4.69) is 10.6 Å². The van der Waals surface area contributed by atoms with Crippen molar-refractivity contribution < 1.29 is 32.3 Å². The van der Waals surface area contributed by atoms with Crippen molar-refractivity contribution in [3.05, 3.63) is 0 Å². The van der Waals surface area contributed by atoms with E-state index in [1.807, 2.05) is 0 Å². The van der Waals surface area contributed by atoms with Gasteiger partial charge in [-0.1, -0.05) is 27.7 Å². The fraction of sp³-hybridized carbons (Fsp3) is 0.765. The average molecular weight is 393 g/mol. The molecule has 7 nitrogen and oxygen atoms in total. The predicted molar refractivity (Wildman–Crippen MR) is 90.4 cm³/mol. The summed E-state index contributed by atoms with van der Waals surface area (Å²) >= 11 is 0. The molecule has 0 aromatic heterocycles. The number of nitrogens with zero attached hydrogens (tertiary/aromatic N) is 1. The second-order valence-electron chi connectivity index (χ2n) is 7.29. The summed E-state index contributed by atoms with van der Waals surface area (Å²) < 4.78 is 38.3. The molecule has 0 aliphatic carbocycles. The number of likely N-dealkylation sites (tertiary alicyclic amines) is 1. The molecule has 1 rings (SSSR count). The average Bonchev–Trinajstić information content (AvgIpc) is 3.04. The standard InChI is InChI=1S/C17H26F3N3O4/c1-9(2)12(14(25)17(18,19)20)22-15(26)11-6-5-7-23(11)16(27)13(10(3)4)21-8-24/h8-13H,5-7H2,1-4H3,(H,21,24)(H,22,26)/t11-,12?,13-/m0/s1. The van der Waals surface area contributed by atoms with Crippen LogP contribution in [-0.2, 0) is 19.2 Å². The normalized spacial score (nSPS) is 19.7. The summed E-state index contributed by atoms with van der Waals surface area (Å²) in [7, 11) is 0. The van der Waals surface area contributed by atoms with Crippen LogP contribution < -0.4 is 10.6 Å². The first-order chi connectivity index (χ1) is 12.4. The molecule has 3 amide bonds. The van der Waals surface area contributed by atoms with Gasteiger partial charge in [0.25, 0.3) is 5.78 Å². The van der Waals surface area contributed by atoms with E-state index in [1.165, 1.54) is 18.7 Å². The SMILES string of the molecule is CC(C)C(NC(=O)[C@@H]1CCCN1C(=O)[C@@H](NC=O)C(C)C)C(=O)C(F)(F)F. The molecule has 1 fully saturated rings. The largest absolute Gasteiger partial charge is 0.452 e. The Balaban J connectivity index is 2.96. The first-order valence-electron chi connectivity index (χ1n) is 8.83. The Morgan fingerprint density at radius 1 is 1.07 bits per heavy atom. The summed E-state index contributed by atoms with van der Waals surface area (Å²) in [5, 5.41) is 4.57. The van der Waals surface area contributed by atoms with Crippen molar-refractivity contribution in [2.75, 3.05) is 6.54 Å². The lowest BCUT2D eigenvalue weighted by Gasteiger charge is -2.31. The van der Waals surface area contributed by atoms with E-state index in [9.17, 15) is 32.3 Å². The van der Waals surface area contributed by atoms with Crippen LogP contribution in [0.2, 0.25) is 0 Å². The summed E-state index contributed by atoms with van der Waals surface area (Å²) in [4.78, 5) is 48.8. The number of nitrogens with one attached hydrogen (secondary N) is 2. The third-order valence-corrected chi connectivity index (χ3v) is 4.55. The van der Waals surface area contributed by atoms with Crippen molar-refractivity contribution in [1.82, 2.24) is 15.5 Å². The molecule has 1 aliphatic rings. The highest BCUT2D eigenvalue weighted by Crippen LogP contribution is 2.23. The van der Waals surface area contributed by atoms with Gasteiger partial charge in [-0.05, 0) is 24.7 Å². The van der Waals surface area contributed by atoms with E-state index in [0.717, 1.165) is 0 Å². The molecule has 0 bridgehead atoms. The van der Waals surface area contributed by atoms with E-state index >= 15 is 0 Å². The third kappa shape index (κ3) is 5.67. The highest BCUT2D eigenvalue weighted by Gasteiger charge is 2.46. The van der Waals surface area contributed by atoms with Crippen molar-refractivity contribution in [3.63, 3.8) is 0 Å². The molecule has 0 spiro atoms. The van der Waals surface area contributed by atoms with Gasteiger partial charge >= 0.3 is 6.18 Å². The lowest BCUT2D eigenvalue weighted by Crippen LogP contribution is -2.57. The van der Waals surface area contributed by atoms with Crippen LogP contribution in [0.1, 0.15) is 40.5 Å². The van der Waals surface area contributed by atoms with Gasteiger partial charge in [0.15, 0.2) is 0 Å². The van der Waals surface area contributed by atoms with Gasteiger partial charge in [0, 0.05) is 6.54 Å². The highest BCUT2D eigenvalue weighted by molar-refractivity contribution is 5.96. The number of amides is 3. The Kier molecular flexibility index (Phi) is 7.79. The number of hydrogen-bond acceptors (Lipinski definition) is 4. The fourth-order valence-corrected chi connectivity index (χ4v) is 3.06. The van der Waals surface area contributed by atoms with Crippen LogP contribution in [0.3, 0.4) is 0 Å². The predicted octanol–water partition coefficient (Wildman–Crippen LogP) is 1.02. The van der Waals surface area contributed by atoms with E-state index in [1.54, 1.807) is 13.8 Å². The molecule has 1 heterocycles. The minimum Gasteiger partial charge on any atom is -0.347 e. The Morgan fingerprint density at radius 2 is 1.63 bits per heavy atom. The zero-order valence-corrected chi connectivity index (χ0v) is 15.8. The second kappa shape index (κ2) is 9.18.